The van der Waals surface area contributed by atoms with Gasteiger partial charge in [0.15, 0.2) is 5.78 Å². The largest absolute Gasteiger partial charge is 0.494 e. The lowest BCUT2D eigenvalue weighted by atomic mass is 9.81. The van der Waals surface area contributed by atoms with Crippen LogP contribution in [0.2, 0.25) is 0 Å². The lowest BCUT2D eigenvalue weighted by molar-refractivity contribution is 0.0811. The first-order valence-corrected chi connectivity index (χ1v) is 5.33. The van der Waals surface area contributed by atoms with Crippen molar-refractivity contribution in [2.75, 3.05) is 13.7 Å². The number of rotatable bonds is 5. The molecule has 1 aromatic heterocycles. The van der Waals surface area contributed by atoms with Gasteiger partial charge in [-0.3, -0.25) is 4.79 Å². The summed E-state index contributed by atoms with van der Waals surface area (Å²) in [5, 5.41) is 0. The third-order valence-electron chi connectivity index (χ3n) is 2.98. The maximum Gasteiger partial charge on any atom is 0.192 e. The van der Waals surface area contributed by atoms with Gasteiger partial charge in [-0.05, 0) is 18.6 Å². The molecular weight excluding hydrogens is 204 g/mol. The highest BCUT2D eigenvalue weighted by atomic mass is 16.5. The molecule has 88 valence electrons. The number of ether oxygens (including phenoxy) is 1. The molecule has 0 radical (unpaired) electrons. The fourth-order valence-corrected chi connectivity index (χ4v) is 1.41. The van der Waals surface area contributed by atoms with Gasteiger partial charge in [-0.2, -0.15) is 0 Å². The molecule has 0 saturated heterocycles. The molecule has 2 N–H and O–H groups in total. The SMILES string of the molecule is CCC(C)(CN)C(=O)c1ncccc1OC. The van der Waals surface area contributed by atoms with Gasteiger partial charge in [0.2, 0.25) is 0 Å². The topological polar surface area (TPSA) is 65.2 Å². The number of carbonyl (C=O) groups is 1. The van der Waals surface area contributed by atoms with E-state index in [4.69, 9.17) is 10.5 Å². The van der Waals surface area contributed by atoms with Gasteiger partial charge in [0.25, 0.3) is 0 Å². The van der Waals surface area contributed by atoms with Crippen LogP contribution < -0.4 is 10.5 Å². The first-order valence-electron chi connectivity index (χ1n) is 5.33. The van der Waals surface area contributed by atoms with E-state index in [2.05, 4.69) is 4.98 Å². The number of nitrogens with zero attached hydrogens (tertiary/aromatic N) is 1. The molecule has 1 heterocycles. The summed E-state index contributed by atoms with van der Waals surface area (Å²) in [5.41, 5.74) is 5.45. The zero-order valence-electron chi connectivity index (χ0n) is 9.99. The molecule has 4 nitrogen and oxygen atoms in total. The Morgan fingerprint density at radius 1 is 1.62 bits per heavy atom. The first-order chi connectivity index (χ1) is 7.59. The van der Waals surface area contributed by atoms with E-state index in [1.807, 2.05) is 13.8 Å². The fraction of sp³-hybridized carbons (Fsp3) is 0.500. The number of aromatic nitrogens is 1. The minimum Gasteiger partial charge on any atom is -0.494 e. The number of hydrogen-bond acceptors (Lipinski definition) is 4. The summed E-state index contributed by atoms with van der Waals surface area (Å²) in [6, 6.07) is 3.47. The molecule has 0 aliphatic rings. The van der Waals surface area contributed by atoms with Crippen molar-refractivity contribution in [1.82, 2.24) is 4.98 Å². The lowest BCUT2D eigenvalue weighted by Crippen LogP contribution is -2.35. The summed E-state index contributed by atoms with van der Waals surface area (Å²) in [6.45, 7) is 4.10. The highest BCUT2D eigenvalue weighted by molar-refractivity contribution is 6.00. The molecule has 0 aliphatic heterocycles. The third kappa shape index (κ3) is 2.22. The molecule has 0 bridgehead atoms. The molecular formula is C12H18N2O2. The Hall–Kier alpha value is -1.42. The lowest BCUT2D eigenvalue weighted by Gasteiger charge is -2.24. The summed E-state index contributed by atoms with van der Waals surface area (Å²) in [5.74, 6) is 0.440. The van der Waals surface area contributed by atoms with Gasteiger partial charge < -0.3 is 10.5 Å². The Bertz CT molecular complexity index is 373. The van der Waals surface area contributed by atoms with E-state index < -0.39 is 5.41 Å². The second-order valence-corrected chi connectivity index (χ2v) is 4.00. The molecule has 1 unspecified atom stereocenters. The summed E-state index contributed by atoms with van der Waals surface area (Å²) < 4.78 is 5.13. The van der Waals surface area contributed by atoms with E-state index in [9.17, 15) is 4.79 Å². The van der Waals surface area contributed by atoms with Gasteiger partial charge in [0.1, 0.15) is 11.4 Å². The molecule has 0 aromatic carbocycles. The monoisotopic (exact) mass is 222 g/mol. The normalized spacial score (nSPS) is 14.2. The standard InChI is InChI=1S/C12H18N2O2/c1-4-12(2,8-13)11(15)10-9(16-3)6-5-7-14-10/h5-7H,4,8,13H2,1-3H3. The number of hydrogen-bond donors (Lipinski definition) is 1. The average molecular weight is 222 g/mol. The molecule has 0 saturated carbocycles. The Labute approximate surface area is 95.8 Å². The van der Waals surface area contributed by atoms with Crippen LogP contribution in [0.5, 0.6) is 5.75 Å². The van der Waals surface area contributed by atoms with Crippen LogP contribution in [0.1, 0.15) is 30.8 Å². The summed E-state index contributed by atoms with van der Waals surface area (Å²) in [7, 11) is 1.53. The van der Waals surface area contributed by atoms with E-state index >= 15 is 0 Å². The van der Waals surface area contributed by atoms with E-state index in [0.29, 0.717) is 24.4 Å². The highest BCUT2D eigenvalue weighted by Crippen LogP contribution is 2.28. The van der Waals surface area contributed by atoms with Crippen LogP contribution in [0, 0.1) is 5.41 Å². The molecule has 16 heavy (non-hydrogen) atoms. The van der Waals surface area contributed by atoms with Crippen LogP contribution in [-0.4, -0.2) is 24.4 Å². The van der Waals surface area contributed by atoms with Gasteiger partial charge in [-0.15, -0.1) is 0 Å². The number of pyridine rings is 1. The summed E-state index contributed by atoms with van der Waals surface area (Å²) in [4.78, 5) is 16.4. The molecule has 0 fully saturated rings. The maximum atomic E-state index is 12.3. The van der Waals surface area contributed by atoms with Crippen molar-refractivity contribution in [3.05, 3.63) is 24.0 Å². The molecule has 0 amide bonds. The number of nitrogens with two attached hydrogens (primary N) is 1. The van der Waals surface area contributed by atoms with Crippen LogP contribution in [0.25, 0.3) is 0 Å². The molecule has 4 heteroatoms. The van der Waals surface area contributed by atoms with Gasteiger partial charge in [-0.1, -0.05) is 13.8 Å². The van der Waals surface area contributed by atoms with Crippen LogP contribution in [0.15, 0.2) is 18.3 Å². The van der Waals surface area contributed by atoms with Crippen molar-refractivity contribution in [3.8, 4) is 5.75 Å². The molecule has 0 aliphatic carbocycles. The molecule has 1 rings (SSSR count). The predicted molar refractivity (Wildman–Crippen MR) is 62.6 cm³/mol. The van der Waals surface area contributed by atoms with Crippen LogP contribution >= 0.6 is 0 Å². The molecule has 0 spiro atoms. The Balaban J connectivity index is 3.13. The smallest absolute Gasteiger partial charge is 0.192 e. The van der Waals surface area contributed by atoms with Crippen LogP contribution in [-0.2, 0) is 0 Å². The third-order valence-corrected chi connectivity index (χ3v) is 2.98. The zero-order chi connectivity index (χ0) is 12.2. The Morgan fingerprint density at radius 3 is 2.81 bits per heavy atom. The zero-order valence-corrected chi connectivity index (χ0v) is 9.99. The summed E-state index contributed by atoms with van der Waals surface area (Å²) >= 11 is 0. The minimum atomic E-state index is -0.568. The van der Waals surface area contributed by atoms with Gasteiger partial charge in [0, 0.05) is 18.2 Å². The molecule has 1 aromatic rings. The van der Waals surface area contributed by atoms with Crippen molar-refractivity contribution in [1.29, 1.82) is 0 Å². The van der Waals surface area contributed by atoms with Gasteiger partial charge in [0.05, 0.1) is 7.11 Å². The van der Waals surface area contributed by atoms with Crippen molar-refractivity contribution in [2.45, 2.75) is 20.3 Å². The highest BCUT2D eigenvalue weighted by Gasteiger charge is 2.33. The molecule has 1 atom stereocenters. The quantitative estimate of drug-likeness (QED) is 0.769. The van der Waals surface area contributed by atoms with Crippen molar-refractivity contribution < 1.29 is 9.53 Å². The fourth-order valence-electron chi connectivity index (χ4n) is 1.41. The average Bonchev–Trinajstić information content (AvgIpc) is 2.36. The van der Waals surface area contributed by atoms with Crippen LogP contribution in [0.3, 0.4) is 0 Å². The van der Waals surface area contributed by atoms with Gasteiger partial charge >= 0.3 is 0 Å². The Morgan fingerprint density at radius 2 is 2.31 bits per heavy atom. The van der Waals surface area contributed by atoms with E-state index in [-0.39, 0.29) is 5.78 Å². The Kier molecular flexibility index (Phi) is 4.01. The number of ketones is 1. The summed E-state index contributed by atoms with van der Waals surface area (Å²) in [6.07, 6.45) is 2.27. The van der Waals surface area contributed by atoms with E-state index in [1.165, 1.54) is 7.11 Å². The second kappa shape index (κ2) is 5.07. The van der Waals surface area contributed by atoms with E-state index in [0.717, 1.165) is 0 Å². The second-order valence-electron chi connectivity index (χ2n) is 4.00. The van der Waals surface area contributed by atoms with Crippen molar-refractivity contribution in [3.63, 3.8) is 0 Å². The first kappa shape index (κ1) is 12.6. The van der Waals surface area contributed by atoms with Crippen molar-refractivity contribution in [2.24, 2.45) is 11.1 Å². The number of Topliss-reactive ketones (excluding diaryl/α,β-unsaturated/α-hetero) is 1. The minimum absolute atomic E-state index is 0.0602. The number of carbonyl (C=O) groups excluding carboxylic acids is 1. The van der Waals surface area contributed by atoms with Crippen molar-refractivity contribution >= 4 is 5.78 Å². The predicted octanol–water partition coefficient (Wildman–Crippen LogP) is 1.65. The van der Waals surface area contributed by atoms with Crippen LogP contribution in [0.4, 0.5) is 0 Å². The van der Waals surface area contributed by atoms with E-state index in [1.54, 1.807) is 18.3 Å². The van der Waals surface area contributed by atoms with Gasteiger partial charge in [-0.25, -0.2) is 4.98 Å². The number of methoxy groups -OCH3 is 1. The maximum absolute atomic E-state index is 12.3.